The van der Waals surface area contributed by atoms with E-state index in [2.05, 4.69) is 10.6 Å². The molecule has 6 nitrogen and oxygen atoms in total. The van der Waals surface area contributed by atoms with Crippen LogP contribution in [0.2, 0.25) is 0 Å². The van der Waals surface area contributed by atoms with Gasteiger partial charge in [-0.2, -0.15) is 0 Å². The lowest BCUT2D eigenvalue weighted by Crippen LogP contribution is -2.34. The summed E-state index contributed by atoms with van der Waals surface area (Å²) in [6, 6.07) is 11.7. The monoisotopic (exact) mass is 386 g/mol. The van der Waals surface area contributed by atoms with Crippen molar-refractivity contribution in [2.75, 3.05) is 10.6 Å². The number of amides is 2. The van der Waals surface area contributed by atoms with Gasteiger partial charge in [0.05, 0.1) is 16.7 Å². The predicted octanol–water partition coefficient (Wildman–Crippen LogP) is 4.30. The number of rotatable bonds is 8. The van der Waals surface area contributed by atoms with E-state index in [9.17, 15) is 23.9 Å². The average Bonchev–Trinajstić information content (AvgIpc) is 2.68. The standard InChI is InChI=1S/C21H23FN2O4/c1-3-21(4-2,20(27)28)13-18(25)24-17-8-6-5-7-16(17)19(26)23-15-11-9-14(22)10-12-15/h5-12H,3-4,13H2,1-2H3,(H,23,26)(H,24,25)(H,27,28). The van der Waals surface area contributed by atoms with Crippen LogP contribution in [-0.4, -0.2) is 22.9 Å². The Labute approximate surface area is 162 Å². The third-order valence-corrected chi connectivity index (χ3v) is 4.85. The summed E-state index contributed by atoms with van der Waals surface area (Å²) in [6.07, 6.45) is 0.446. The van der Waals surface area contributed by atoms with Crippen molar-refractivity contribution in [1.82, 2.24) is 0 Å². The van der Waals surface area contributed by atoms with Gasteiger partial charge in [0.25, 0.3) is 5.91 Å². The molecule has 28 heavy (non-hydrogen) atoms. The summed E-state index contributed by atoms with van der Waals surface area (Å²) in [5.74, 6) is -2.39. The predicted molar refractivity (Wildman–Crippen MR) is 105 cm³/mol. The minimum atomic E-state index is -1.14. The summed E-state index contributed by atoms with van der Waals surface area (Å²) in [5, 5.41) is 14.8. The number of carbonyl (C=O) groups is 3. The molecule has 0 unspecified atom stereocenters. The lowest BCUT2D eigenvalue weighted by atomic mass is 9.79. The number of hydrogen-bond donors (Lipinski definition) is 3. The molecule has 2 rings (SSSR count). The van der Waals surface area contributed by atoms with Crippen molar-refractivity contribution in [3.8, 4) is 0 Å². The van der Waals surface area contributed by atoms with Crippen LogP contribution in [0.1, 0.15) is 43.5 Å². The first-order valence-corrected chi connectivity index (χ1v) is 9.00. The number of carboxylic acids is 1. The number of halogens is 1. The number of carboxylic acid groups (broad SMARTS) is 1. The van der Waals surface area contributed by atoms with E-state index in [1.54, 1.807) is 38.1 Å². The van der Waals surface area contributed by atoms with E-state index in [1.807, 2.05) is 0 Å². The molecule has 0 bridgehead atoms. The third kappa shape index (κ3) is 4.94. The Morgan fingerprint density at radius 3 is 2.14 bits per heavy atom. The summed E-state index contributed by atoms with van der Waals surface area (Å²) in [6.45, 7) is 3.46. The smallest absolute Gasteiger partial charge is 0.310 e. The van der Waals surface area contributed by atoms with Gasteiger partial charge in [-0.3, -0.25) is 14.4 Å². The first-order valence-electron chi connectivity index (χ1n) is 9.00. The highest BCUT2D eigenvalue weighted by Gasteiger charge is 2.37. The van der Waals surface area contributed by atoms with Crippen LogP contribution in [0.3, 0.4) is 0 Å². The number of para-hydroxylation sites is 1. The van der Waals surface area contributed by atoms with Crippen LogP contribution >= 0.6 is 0 Å². The van der Waals surface area contributed by atoms with Gasteiger partial charge in [0.2, 0.25) is 5.91 Å². The van der Waals surface area contributed by atoms with E-state index in [-0.39, 0.29) is 17.7 Å². The Balaban J connectivity index is 2.17. The first kappa shape index (κ1) is 21.1. The van der Waals surface area contributed by atoms with E-state index in [1.165, 1.54) is 24.3 Å². The number of carbonyl (C=O) groups excluding carboxylic acids is 2. The molecular weight excluding hydrogens is 363 g/mol. The van der Waals surface area contributed by atoms with Gasteiger partial charge >= 0.3 is 5.97 Å². The average molecular weight is 386 g/mol. The third-order valence-electron chi connectivity index (χ3n) is 4.85. The van der Waals surface area contributed by atoms with E-state index in [4.69, 9.17) is 0 Å². The topological polar surface area (TPSA) is 95.5 Å². The second-order valence-corrected chi connectivity index (χ2v) is 6.52. The van der Waals surface area contributed by atoms with Crippen molar-refractivity contribution < 1.29 is 23.9 Å². The van der Waals surface area contributed by atoms with Crippen molar-refractivity contribution in [3.63, 3.8) is 0 Å². The van der Waals surface area contributed by atoms with Gasteiger partial charge in [0.15, 0.2) is 0 Å². The molecule has 0 aliphatic heterocycles. The molecule has 0 radical (unpaired) electrons. The van der Waals surface area contributed by atoms with Gasteiger partial charge in [-0.15, -0.1) is 0 Å². The van der Waals surface area contributed by atoms with Crippen molar-refractivity contribution >= 4 is 29.2 Å². The molecule has 0 saturated heterocycles. The van der Waals surface area contributed by atoms with Crippen molar-refractivity contribution in [2.45, 2.75) is 33.1 Å². The van der Waals surface area contributed by atoms with E-state index < -0.39 is 29.0 Å². The fraction of sp³-hybridized carbons (Fsp3) is 0.286. The minimum absolute atomic E-state index is 0.191. The molecule has 148 valence electrons. The Kier molecular flexibility index (Phi) is 6.87. The molecule has 2 aromatic carbocycles. The number of nitrogens with one attached hydrogen (secondary N) is 2. The highest BCUT2D eigenvalue weighted by atomic mass is 19.1. The molecule has 0 fully saturated rings. The lowest BCUT2D eigenvalue weighted by molar-refractivity contribution is -0.151. The van der Waals surface area contributed by atoms with Crippen LogP contribution in [0.4, 0.5) is 15.8 Å². The maximum atomic E-state index is 13.0. The second kappa shape index (κ2) is 9.12. The fourth-order valence-electron chi connectivity index (χ4n) is 2.90. The molecule has 2 aromatic rings. The zero-order chi connectivity index (χ0) is 20.7. The summed E-state index contributed by atoms with van der Waals surface area (Å²) < 4.78 is 13.0. The molecular formula is C21H23FN2O4. The zero-order valence-electron chi connectivity index (χ0n) is 15.8. The molecule has 7 heteroatoms. The zero-order valence-corrected chi connectivity index (χ0v) is 15.8. The molecule has 0 heterocycles. The maximum absolute atomic E-state index is 13.0. The summed E-state index contributed by atoms with van der Waals surface area (Å²) >= 11 is 0. The van der Waals surface area contributed by atoms with Gasteiger partial charge in [-0.1, -0.05) is 26.0 Å². The molecule has 0 aromatic heterocycles. The van der Waals surface area contributed by atoms with Gasteiger partial charge in [-0.25, -0.2) is 4.39 Å². The first-order chi connectivity index (χ1) is 13.3. The Morgan fingerprint density at radius 2 is 1.57 bits per heavy atom. The molecule has 0 spiro atoms. The number of hydrogen-bond acceptors (Lipinski definition) is 3. The van der Waals surface area contributed by atoms with Gasteiger partial charge in [-0.05, 0) is 49.2 Å². The highest BCUT2D eigenvalue weighted by Crippen LogP contribution is 2.31. The number of benzene rings is 2. The van der Waals surface area contributed by atoms with E-state index in [0.29, 0.717) is 18.5 Å². The minimum Gasteiger partial charge on any atom is -0.481 e. The van der Waals surface area contributed by atoms with Gasteiger partial charge in [0.1, 0.15) is 5.82 Å². The number of aliphatic carboxylic acids is 1. The van der Waals surface area contributed by atoms with Crippen LogP contribution in [0, 0.1) is 11.2 Å². The van der Waals surface area contributed by atoms with E-state index >= 15 is 0 Å². The van der Waals surface area contributed by atoms with Crippen LogP contribution in [-0.2, 0) is 9.59 Å². The van der Waals surface area contributed by atoms with Crippen LogP contribution in [0.5, 0.6) is 0 Å². The fourth-order valence-corrected chi connectivity index (χ4v) is 2.90. The molecule has 3 N–H and O–H groups in total. The van der Waals surface area contributed by atoms with Crippen molar-refractivity contribution in [2.24, 2.45) is 5.41 Å². The lowest BCUT2D eigenvalue weighted by Gasteiger charge is -2.26. The van der Waals surface area contributed by atoms with Crippen LogP contribution in [0.15, 0.2) is 48.5 Å². The number of anilines is 2. The van der Waals surface area contributed by atoms with Gasteiger partial charge < -0.3 is 15.7 Å². The van der Waals surface area contributed by atoms with E-state index in [0.717, 1.165) is 0 Å². The maximum Gasteiger partial charge on any atom is 0.310 e. The van der Waals surface area contributed by atoms with Crippen LogP contribution < -0.4 is 10.6 Å². The SMILES string of the molecule is CCC(CC)(CC(=O)Nc1ccccc1C(=O)Nc1ccc(F)cc1)C(=O)O. The van der Waals surface area contributed by atoms with Crippen molar-refractivity contribution in [1.29, 1.82) is 0 Å². The molecule has 0 aliphatic rings. The second-order valence-electron chi connectivity index (χ2n) is 6.52. The normalized spacial score (nSPS) is 11.0. The molecule has 0 saturated carbocycles. The summed E-state index contributed by atoms with van der Waals surface area (Å²) in [4.78, 5) is 36.6. The Bertz CT molecular complexity index is 861. The van der Waals surface area contributed by atoms with Gasteiger partial charge in [0, 0.05) is 12.1 Å². The Morgan fingerprint density at radius 1 is 0.964 bits per heavy atom. The quantitative estimate of drug-likeness (QED) is 0.630. The summed E-state index contributed by atoms with van der Waals surface area (Å²) in [5.41, 5.74) is -0.239. The summed E-state index contributed by atoms with van der Waals surface area (Å²) in [7, 11) is 0. The largest absolute Gasteiger partial charge is 0.481 e. The van der Waals surface area contributed by atoms with Crippen LogP contribution in [0.25, 0.3) is 0 Å². The van der Waals surface area contributed by atoms with Crippen molar-refractivity contribution in [3.05, 3.63) is 59.9 Å². The molecule has 2 amide bonds. The Hall–Kier alpha value is -3.22. The molecule has 0 aliphatic carbocycles. The molecule has 0 atom stereocenters. The highest BCUT2D eigenvalue weighted by molar-refractivity contribution is 6.10.